The molecule has 4 nitrogen and oxygen atoms in total. The summed E-state index contributed by atoms with van der Waals surface area (Å²) in [6.45, 7) is 0. The Morgan fingerprint density at radius 3 is 0.788 bits per heavy atom. The first-order chi connectivity index (χ1) is 25.7. The molecule has 52 heavy (non-hydrogen) atoms. The van der Waals surface area contributed by atoms with E-state index < -0.39 is 0 Å². The molecule has 0 heterocycles. The second kappa shape index (κ2) is 16.3. The Labute approximate surface area is 306 Å². The lowest BCUT2D eigenvalue weighted by molar-refractivity contribution is 0.414. The van der Waals surface area contributed by atoms with E-state index in [1.54, 1.807) is 14.2 Å². The van der Waals surface area contributed by atoms with Crippen LogP contribution in [0.5, 0.6) is 11.5 Å². The Hall–Kier alpha value is -6.78. The third-order valence-corrected chi connectivity index (χ3v) is 8.87. The summed E-state index contributed by atoms with van der Waals surface area (Å²) in [5, 5.41) is 0. The average Bonchev–Trinajstić information content (AvgIpc) is 3.22. The van der Waals surface area contributed by atoms with Crippen LogP contribution in [0.25, 0.3) is 24.3 Å². The molecule has 0 aliphatic carbocycles. The average molecular weight is 677 g/mol. The maximum atomic E-state index is 5.38. The molecular formula is C48H40N2O2. The molecule has 7 rings (SSSR count). The number of methoxy groups -OCH3 is 2. The third-order valence-electron chi connectivity index (χ3n) is 8.87. The number of ether oxygens (including phenoxy) is 2. The summed E-state index contributed by atoms with van der Waals surface area (Å²) in [6, 6.07) is 63.0. The molecule has 7 aromatic rings. The zero-order valence-corrected chi connectivity index (χ0v) is 29.3. The molecule has 0 spiro atoms. The largest absolute Gasteiger partial charge is 0.497 e. The van der Waals surface area contributed by atoms with Gasteiger partial charge in [0.2, 0.25) is 0 Å². The van der Waals surface area contributed by atoms with Crippen LogP contribution in [0.1, 0.15) is 22.3 Å². The number of rotatable bonds is 12. The zero-order valence-electron chi connectivity index (χ0n) is 29.3. The molecule has 0 saturated heterocycles. The van der Waals surface area contributed by atoms with E-state index in [-0.39, 0.29) is 0 Å². The molecule has 0 fully saturated rings. The van der Waals surface area contributed by atoms with E-state index in [0.717, 1.165) is 67.9 Å². The monoisotopic (exact) mass is 676 g/mol. The van der Waals surface area contributed by atoms with Crippen molar-refractivity contribution in [2.45, 2.75) is 0 Å². The van der Waals surface area contributed by atoms with Gasteiger partial charge in [0.25, 0.3) is 0 Å². The van der Waals surface area contributed by atoms with Crippen molar-refractivity contribution in [1.82, 2.24) is 0 Å². The van der Waals surface area contributed by atoms with Crippen LogP contribution >= 0.6 is 0 Å². The van der Waals surface area contributed by atoms with Crippen molar-refractivity contribution < 1.29 is 9.47 Å². The predicted molar refractivity (Wildman–Crippen MR) is 220 cm³/mol. The van der Waals surface area contributed by atoms with Crippen LogP contribution in [0.3, 0.4) is 0 Å². The summed E-state index contributed by atoms with van der Waals surface area (Å²) in [5.74, 6) is 1.67. The van der Waals surface area contributed by atoms with E-state index >= 15 is 0 Å². The third kappa shape index (κ3) is 8.15. The maximum absolute atomic E-state index is 5.38. The van der Waals surface area contributed by atoms with E-state index in [1.165, 1.54) is 0 Å². The molecule has 7 aromatic carbocycles. The van der Waals surface area contributed by atoms with Crippen LogP contribution in [0.4, 0.5) is 34.1 Å². The molecule has 254 valence electrons. The Morgan fingerprint density at radius 1 is 0.288 bits per heavy atom. The minimum Gasteiger partial charge on any atom is -0.497 e. The second-order valence-corrected chi connectivity index (χ2v) is 12.3. The van der Waals surface area contributed by atoms with Crippen molar-refractivity contribution in [3.63, 3.8) is 0 Å². The van der Waals surface area contributed by atoms with Gasteiger partial charge in [-0.25, -0.2) is 0 Å². The highest BCUT2D eigenvalue weighted by Gasteiger charge is 2.13. The standard InChI is InChI=1S/C48H40N2O2/c1-51-47-33-29-45(30-34-47)49(41-9-5-3-6-10-41)43-25-21-39(22-26-43)19-17-37-13-15-38(16-14-37)18-20-40-23-27-44(28-24-40)50(42-11-7-4-8-12-42)46-31-35-48(52-2)36-32-46/h3-36H,1-2H3. The smallest absolute Gasteiger partial charge is 0.119 e. The van der Waals surface area contributed by atoms with Crippen molar-refractivity contribution in [2.24, 2.45) is 0 Å². The summed E-state index contributed by atoms with van der Waals surface area (Å²) in [5.41, 5.74) is 11.1. The molecule has 0 N–H and O–H groups in total. The lowest BCUT2D eigenvalue weighted by Gasteiger charge is -2.25. The number of anilines is 6. The van der Waals surface area contributed by atoms with Crippen LogP contribution in [0, 0.1) is 0 Å². The normalized spacial score (nSPS) is 11.1. The van der Waals surface area contributed by atoms with Gasteiger partial charge in [-0.05, 0) is 119 Å². The van der Waals surface area contributed by atoms with Crippen molar-refractivity contribution in [2.75, 3.05) is 24.0 Å². The summed E-state index contributed by atoms with van der Waals surface area (Å²) in [4.78, 5) is 4.49. The first kappa shape index (κ1) is 33.7. The minimum atomic E-state index is 0.837. The molecule has 0 amide bonds. The van der Waals surface area contributed by atoms with Crippen LogP contribution in [0.15, 0.2) is 182 Å². The topological polar surface area (TPSA) is 24.9 Å². The van der Waals surface area contributed by atoms with Gasteiger partial charge in [-0.2, -0.15) is 0 Å². The summed E-state index contributed by atoms with van der Waals surface area (Å²) in [7, 11) is 3.38. The molecule has 0 aliphatic heterocycles. The Kier molecular flexibility index (Phi) is 10.6. The Bertz CT molecular complexity index is 2050. The van der Waals surface area contributed by atoms with E-state index in [1.807, 2.05) is 36.4 Å². The van der Waals surface area contributed by atoms with Gasteiger partial charge in [0.1, 0.15) is 11.5 Å². The highest BCUT2D eigenvalue weighted by atomic mass is 16.5. The fraction of sp³-hybridized carbons (Fsp3) is 0.0417. The van der Waals surface area contributed by atoms with E-state index in [2.05, 4.69) is 180 Å². The lowest BCUT2D eigenvalue weighted by Crippen LogP contribution is -2.09. The molecule has 0 saturated carbocycles. The van der Waals surface area contributed by atoms with Gasteiger partial charge < -0.3 is 19.3 Å². The van der Waals surface area contributed by atoms with Crippen LogP contribution in [0.2, 0.25) is 0 Å². The van der Waals surface area contributed by atoms with Gasteiger partial charge in [-0.1, -0.05) is 109 Å². The molecule has 0 unspecified atom stereocenters. The van der Waals surface area contributed by atoms with Gasteiger partial charge in [0, 0.05) is 34.1 Å². The summed E-state index contributed by atoms with van der Waals surface area (Å²) >= 11 is 0. The molecule has 0 radical (unpaired) electrons. The minimum absolute atomic E-state index is 0.837. The summed E-state index contributed by atoms with van der Waals surface area (Å²) < 4.78 is 10.8. The Balaban J connectivity index is 1.01. The highest BCUT2D eigenvalue weighted by Crippen LogP contribution is 2.37. The number of benzene rings is 7. The van der Waals surface area contributed by atoms with Crippen LogP contribution in [-0.2, 0) is 0 Å². The van der Waals surface area contributed by atoms with Gasteiger partial charge in [-0.3, -0.25) is 0 Å². The fourth-order valence-corrected chi connectivity index (χ4v) is 6.08. The molecule has 0 bridgehead atoms. The summed E-state index contributed by atoms with van der Waals surface area (Å²) in [6.07, 6.45) is 8.62. The quantitative estimate of drug-likeness (QED) is 0.120. The van der Waals surface area contributed by atoms with Crippen LogP contribution in [-0.4, -0.2) is 14.2 Å². The molecular weight excluding hydrogens is 637 g/mol. The SMILES string of the molecule is COc1ccc(N(c2ccccc2)c2ccc(C=Cc3ccc(C=Cc4ccc(N(c5ccccc5)c5ccc(OC)cc5)cc4)cc3)cc2)cc1. The fourth-order valence-electron chi connectivity index (χ4n) is 6.08. The molecule has 0 atom stereocenters. The number of nitrogens with zero attached hydrogens (tertiary/aromatic N) is 2. The Morgan fingerprint density at radius 2 is 0.519 bits per heavy atom. The first-order valence-electron chi connectivity index (χ1n) is 17.3. The highest BCUT2D eigenvalue weighted by molar-refractivity contribution is 5.80. The molecule has 0 aliphatic rings. The van der Waals surface area contributed by atoms with Crippen molar-refractivity contribution >= 4 is 58.4 Å². The van der Waals surface area contributed by atoms with Gasteiger partial charge in [0.05, 0.1) is 14.2 Å². The number of hydrogen-bond acceptors (Lipinski definition) is 4. The molecule has 0 aromatic heterocycles. The van der Waals surface area contributed by atoms with Crippen molar-refractivity contribution in [3.8, 4) is 11.5 Å². The number of hydrogen-bond donors (Lipinski definition) is 0. The second-order valence-electron chi connectivity index (χ2n) is 12.3. The number of para-hydroxylation sites is 2. The molecule has 4 heteroatoms. The van der Waals surface area contributed by atoms with E-state index in [4.69, 9.17) is 9.47 Å². The van der Waals surface area contributed by atoms with Gasteiger partial charge >= 0.3 is 0 Å². The van der Waals surface area contributed by atoms with Crippen molar-refractivity contribution in [3.05, 3.63) is 204 Å². The predicted octanol–water partition coefficient (Wildman–Crippen LogP) is 13.0. The first-order valence-corrected chi connectivity index (χ1v) is 17.3. The van der Waals surface area contributed by atoms with E-state index in [0.29, 0.717) is 0 Å². The maximum Gasteiger partial charge on any atom is 0.119 e. The lowest BCUT2D eigenvalue weighted by atomic mass is 10.1. The van der Waals surface area contributed by atoms with Gasteiger partial charge in [-0.15, -0.1) is 0 Å². The van der Waals surface area contributed by atoms with Crippen LogP contribution < -0.4 is 19.3 Å². The van der Waals surface area contributed by atoms with Crippen molar-refractivity contribution in [1.29, 1.82) is 0 Å². The zero-order chi connectivity index (χ0) is 35.5. The van der Waals surface area contributed by atoms with E-state index in [9.17, 15) is 0 Å². The van der Waals surface area contributed by atoms with Gasteiger partial charge in [0.15, 0.2) is 0 Å².